The van der Waals surface area contributed by atoms with Crippen LogP contribution in [0.1, 0.15) is 15.9 Å². The Labute approximate surface area is 141 Å². The molecule has 0 radical (unpaired) electrons. The van der Waals surface area contributed by atoms with Crippen LogP contribution in [0.3, 0.4) is 0 Å². The molecule has 0 aliphatic carbocycles. The smallest absolute Gasteiger partial charge is 0.367 e. The lowest BCUT2D eigenvalue weighted by Crippen LogP contribution is -2.27. The van der Waals surface area contributed by atoms with E-state index in [1.165, 1.54) is 12.3 Å². The molecule has 5 nitrogen and oxygen atoms in total. The molecular formula is C15H15ClF3N3O2. The molecule has 0 saturated carbocycles. The predicted molar refractivity (Wildman–Crippen MR) is 81.7 cm³/mol. The van der Waals surface area contributed by atoms with Gasteiger partial charge in [0.2, 0.25) is 0 Å². The molecule has 2 aromatic rings. The van der Waals surface area contributed by atoms with Gasteiger partial charge in [0.05, 0.1) is 24.4 Å². The molecule has 0 fully saturated rings. The second kappa shape index (κ2) is 8.16. The highest BCUT2D eigenvalue weighted by atomic mass is 35.5. The highest BCUT2D eigenvalue weighted by molar-refractivity contribution is 6.30. The number of halogens is 4. The summed E-state index contributed by atoms with van der Waals surface area (Å²) >= 11 is 5.73. The van der Waals surface area contributed by atoms with Crippen LogP contribution in [0, 0.1) is 0 Å². The van der Waals surface area contributed by atoms with Gasteiger partial charge in [-0.1, -0.05) is 23.7 Å². The predicted octanol–water partition coefficient (Wildman–Crippen LogP) is 3.05. The molecule has 0 bridgehead atoms. The lowest BCUT2D eigenvalue weighted by atomic mass is 10.1. The Hall–Kier alpha value is -2.06. The van der Waals surface area contributed by atoms with Crippen LogP contribution in [0.25, 0.3) is 0 Å². The Bertz CT molecular complexity index is 689. The molecule has 130 valence electrons. The first-order valence-corrected chi connectivity index (χ1v) is 7.41. The average Bonchev–Trinajstić information content (AvgIpc) is 2.92. The molecule has 1 aromatic heterocycles. The van der Waals surface area contributed by atoms with Crippen LogP contribution in [0.4, 0.5) is 13.2 Å². The third-order valence-corrected chi connectivity index (χ3v) is 3.15. The van der Waals surface area contributed by atoms with Crippen LogP contribution in [0.15, 0.2) is 36.7 Å². The summed E-state index contributed by atoms with van der Waals surface area (Å²) in [6.07, 6.45) is -1.25. The van der Waals surface area contributed by atoms with Crippen molar-refractivity contribution in [3.05, 3.63) is 52.8 Å². The molecule has 1 heterocycles. The van der Waals surface area contributed by atoms with E-state index in [2.05, 4.69) is 15.2 Å². The average molecular weight is 362 g/mol. The van der Waals surface area contributed by atoms with Crippen LogP contribution in [0.5, 0.6) is 0 Å². The van der Waals surface area contributed by atoms with Crippen molar-refractivity contribution in [3.8, 4) is 0 Å². The number of carbonyl (C=O) groups is 1. The van der Waals surface area contributed by atoms with Crippen LogP contribution in [-0.4, -0.2) is 35.0 Å². The summed E-state index contributed by atoms with van der Waals surface area (Å²) < 4.78 is 42.3. The van der Waals surface area contributed by atoms with E-state index < -0.39 is 12.8 Å². The Balaban J connectivity index is 1.82. The number of nitrogens with zero attached hydrogens (tertiary/aromatic N) is 2. The van der Waals surface area contributed by atoms with E-state index in [-0.39, 0.29) is 12.5 Å². The maximum atomic E-state index is 12.0. The van der Waals surface area contributed by atoms with Crippen molar-refractivity contribution in [1.82, 2.24) is 15.1 Å². The first-order chi connectivity index (χ1) is 11.3. The number of hydrogen-bond acceptors (Lipinski definition) is 3. The summed E-state index contributed by atoms with van der Waals surface area (Å²) in [5.74, 6) is -0.328. The molecule has 0 saturated heterocycles. The molecule has 0 atom stereocenters. The van der Waals surface area contributed by atoms with Gasteiger partial charge in [-0.2, -0.15) is 18.3 Å². The van der Waals surface area contributed by atoms with E-state index in [0.29, 0.717) is 29.2 Å². The lowest BCUT2D eigenvalue weighted by molar-refractivity contribution is -0.176. The zero-order valence-electron chi connectivity index (χ0n) is 12.5. The summed E-state index contributed by atoms with van der Waals surface area (Å²) in [6, 6.07) is 6.26. The SMILES string of the molecule is O=C(NCCn1cc(Cl)cn1)c1cccc(COCC(F)(F)F)c1. The molecular weight excluding hydrogens is 347 g/mol. The fourth-order valence-electron chi connectivity index (χ4n) is 1.93. The third-order valence-electron chi connectivity index (χ3n) is 2.95. The minimum Gasteiger partial charge on any atom is -0.367 e. The van der Waals surface area contributed by atoms with Gasteiger partial charge >= 0.3 is 6.18 Å². The number of alkyl halides is 3. The van der Waals surface area contributed by atoms with E-state index in [0.717, 1.165) is 0 Å². The fraction of sp³-hybridized carbons (Fsp3) is 0.333. The number of hydrogen-bond donors (Lipinski definition) is 1. The number of carbonyl (C=O) groups excluding carboxylic acids is 1. The van der Waals surface area contributed by atoms with Crippen LogP contribution >= 0.6 is 11.6 Å². The highest BCUT2D eigenvalue weighted by Gasteiger charge is 2.27. The number of nitrogens with one attached hydrogen (secondary N) is 1. The summed E-state index contributed by atoms with van der Waals surface area (Å²) in [7, 11) is 0. The first kappa shape index (κ1) is 18.3. The number of ether oxygens (including phenoxy) is 1. The van der Waals surface area contributed by atoms with Crippen molar-refractivity contribution in [2.75, 3.05) is 13.2 Å². The maximum absolute atomic E-state index is 12.0. The van der Waals surface area contributed by atoms with Gasteiger partial charge in [-0.05, 0) is 17.7 Å². The summed E-state index contributed by atoms with van der Waals surface area (Å²) in [4.78, 5) is 12.0. The van der Waals surface area contributed by atoms with Gasteiger partial charge < -0.3 is 10.1 Å². The molecule has 2 rings (SSSR count). The molecule has 1 N–H and O–H groups in total. The number of rotatable bonds is 7. The molecule has 0 spiro atoms. The maximum Gasteiger partial charge on any atom is 0.411 e. The van der Waals surface area contributed by atoms with Gasteiger partial charge in [0.25, 0.3) is 5.91 Å². The second-order valence-corrected chi connectivity index (χ2v) is 5.42. The Morgan fingerprint density at radius 3 is 2.83 bits per heavy atom. The van der Waals surface area contributed by atoms with E-state index in [4.69, 9.17) is 11.6 Å². The largest absolute Gasteiger partial charge is 0.411 e. The van der Waals surface area contributed by atoms with Crippen molar-refractivity contribution in [3.63, 3.8) is 0 Å². The third kappa shape index (κ3) is 6.21. The summed E-state index contributed by atoms with van der Waals surface area (Å²) in [5.41, 5.74) is 0.840. The van der Waals surface area contributed by atoms with E-state index in [9.17, 15) is 18.0 Å². The van der Waals surface area contributed by atoms with Crippen molar-refractivity contribution >= 4 is 17.5 Å². The minimum atomic E-state index is -4.37. The molecule has 1 amide bonds. The van der Waals surface area contributed by atoms with Gasteiger partial charge in [0, 0.05) is 18.3 Å². The van der Waals surface area contributed by atoms with Crippen molar-refractivity contribution in [2.24, 2.45) is 0 Å². The number of aromatic nitrogens is 2. The molecule has 0 unspecified atom stereocenters. The molecule has 24 heavy (non-hydrogen) atoms. The minimum absolute atomic E-state index is 0.216. The molecule has 1 aromatic carbocycles. The Kier molecular flexibility index (Phi) is 6.22. The number of benzene rings is 1. The second-order valence-electron chi connectivity index (χ2n) is 4.99. The monoisotopic (exact) mass is 361 g/mol. The zero-order chi connectivity index (χ0) is 17.6. The Morgan fingerprint density at radius 1 is 1.38 bits per heavy atom. The van der Waals surface area contributed by atoms with Crippen molar-refractivity contribution in [1.29, 1.82) is 0 Å². The first-order valence-electron chi connectivity index (χ1n) is 7.03. The van der Waals surface area contributed by atoms with Crippen molar-refractivity contribution in [2.45, 2.75) is 19.3 Å². The van der Waals surface area contributed by atoms with E-state index >= 15 is 0 Å². The molecule has 9 heteroatoms. The lowest BCUT2D eigenvalue weighted by Gasteiger charge is -2.09. The molecule has 0 aliphatic heterocycles. The normalized spacial score (nSPS) is 11.5. The van der Waals surface area contributed by atoms with Gasteiger partial charge in [0.1, 0.15) is 6.61 Å². The van der Waals surface area contributed by atoms with Gasteiger partial charge in [-0.25, -0.2) is 0 Å². The van der Waals surface area contributed by atoms with E-state index in [1.807, 2.05) is 0 Å². The summed E-state index contributed by atoms with van der Waals surface area (Å²) in [6.45, 7) is -0.749. The standard InChI is InChI=1S/C15H15ClF3N3O2/c16-13-7-21-22(8-13)5-4-20-14(23)12-3-1-2-11(6-12)9-24-10-15(17,18)19/h1-3,6-8H,4-5,9-10H2,(H,20,23). The Morgan fingerprint density at radius 2 is 2.17 bits per heavy atom. The fourth-order valence-corrected chi connectivity index (χ4v) is 2.09. The van der Waals surface area contributed by atoms with Gasteiger partial charge in [-0.3, -0.25) is 9.48 Å². The molecule has 0 aliphatic rings. The zero-order valence-corrected chi connectivity index (χ0v) is 13.3. The van der Waals surface area contributed by atoms with E-state index in [1.54, 1.807) is 29.1 Å². The van der Waals surface area contributed by atoms with Gasteiger partial charge in [-0.15, -0.1) is 0 Å². The van der Waals surface area contributed by atoms with Crippen LogP contribution < -0.4 is 5.32 Å². The van der Waals surface area contributed by atoms with Gasteiger partial charge in [0.15, 0.2) is 0 Å². The van der Waals surface area contributed by atoms with Crippen LogP contribution in [-0.2, 0) is 17.9 Å². The quantitative estimate of drug-likeness (QED) is 0.824. The van der Waals surface area contributed by atoms with Crippen LogP contribution in [0.2, 0.25) is 5.02 Å². The summed E-state index contributed by atoms with van der Waals surface area (Å²) in [5, 5.41) is 7.19. The highest BCUT2D eigenvalue weighted by Crippen LogP contribution is 2.16. The number of amides is 1. The van der Waals surface area contributed by atoms with Crippen molar-refractivity contribution < 1.29 is 22.7 Å². The topological polar surface area (TPSA) is 56.2 Å².